The van der Waals surface area contributed by atoms with Gasteiger partial charge in [-0.1, -0.05) is 0 Å². The van der Waals surface area contributed by atoms with E-state index in [1.807, 2.05) is 6.92 Å². The number of rotatable bonds is 6. The molecule has 0 fully saturated rings. The zero-order valence-electron chi connectivity index (χ0n) is 9.10. The molecule has 1 rings (SSSR count). The van der Waals surface area contributed by atoms with Crippen LogP contribution in [-0.4, -0.2) is 38.3 Å². The SMILES string of the molecule is CC(CS(C)=O)Nc1nc(CC(=O)O)cs1. The Labute approximate surface area is 100 Å². The minimum atomic E-state index is -0.889. The average molecular weight is 262 g/mol. The molecule has 5 nitrogen and oxygen atoms in total. The molecule has 0 aliphatic carbocycles. The molecule has 2 unspecified atom stereocenters. The highest BCUT2D eigenvalue weighted by Gasteiger charge is 2.09. The van der Waals surface area contributed by atoms with Gasteiger partial charge >= 0.3 is 5.97 Å². The van der Waals surface area contributed by atoms with Crippen molar-refractivity contribution < 1.29 is 14.1 Å². The summed E-state index contributed by atoms with van der Waals surface area (Å²) in [6.45, 7) is 1.92. The number of anilines is 1. The molecule has 1 heterocycles. The molecular formula is C9H14N2O3S2. The summed E-state index contributed by atoms with van der Waals surface area (Å²) in [6, 6.07) is 0.0645. The van der Waals surface area contributed by atoms with Crippen molar-refractivity contribution in [3.05, 3.63) is 11.1 Å². The van der Waals surface area contributed by atoms with Crippen LogP contribution in [0.5, 0.6) is 0 Å². The van der Waals surface area contributed by atoms with Gasteiger partial charge in [0.25, 0.3) is 0 Å². The Hall–Kier alpha value is -0.950. The molecule has 0 radical (unpaired) electrons. The van der Waals surface area contributed by atoms with Gasteiger partial charge in [0.2, 0.25) is 0 Å². The number of carbonyl (C=O) groups is 1. The third-order valence-electron chi connectivity index (χ3n) is 1.74. The molecule has 0 bridgehead atoms. The van der Waals surface area contributed by atoms with Crippen LogP contribution in [-0.2, 0) is 22.0 Å². The first-order chi connectivity index (χ1) is 7.47. The Kier molecular flexibility index (Phi) is 4.88. The summed E-state index contributed by atoms with van der Waals surface area (Å²) < 4.78 is 11.0. The first-order valence-electron chi connectivity index (χ1n) is 4.70. The molecule has 1 aromatic heterocycles. The van der Waals surface area contributed by atoms with Gasteiger partial charge in [0.05, 0.1) is 12.1 Å². The van der Waals surface area contributed by atoms with Crippen molar-refractivity contribution >= 4 is 33.2 Å². The normalized spacial score (nSPS) is 14.4. The molecule has 0 spiro atoms. The number of aliphatic carboxylic acids is 1. The Morgan fingerprint density at radius 2 is 2.44 bits per heavy atom. The quantitative estimate of drug-likeness (QED) is 0.798. The maximum Gasteiger partial charge on any atom is 0.309 e. The van der Waals surface area contributed by atoms with Gasteiger partial charge in [-0.15, -0.1) is 11.3 Å². The highest BCUT2D eigenvalue weighted by atomic mass is 32.2. The van der Waals surface area contributed by atoms with Crippen molar-refractivity contribution in [3.63, 3.8) is 0 Å². The van der Waals surface area contributed by atoms with Gasteiger partial charge in [-0.05, 0) is 6.92 Å². The smallest absolute Gasteiger partial charge is 0.309 e. The molecule has 1 aromatic rings. The number of nitrogens with one attached hydrogen (secondary N) is 1. The molecule has 0 saturated heterocycles. The van der Waals surface area contributed by atoms with Crippen LogP contribution >= 0.6 is 11.3 Å². The van der Waals surface area contributed by atoms with Crippen LogP contribution in [0, 0.1) is 0 Å². The topological polar surface area (TPSA) is 79.3 Å². The minimum Gasteiger partial charge on any atom is -0.481 e. The predicted octanol–water partition coefficient (Wildman–Crippen LogP) is 0.949. The van der Waals surface area contributed by atoms with Gasteiger partial charge in [0, 0.05) is 34.2 Å². The number of hydrogen-bond acceptors (Lipinski definition) is 5. The first-order valence-corrected chi connectivity index (χ1v) is 7.31. The molecule has 0 aliphatic heterocycles. The van der Waals surface area contributed by atoms with Gasteiger partial charge < -0.3 is 10.4 Å². The second-order valence-corrected chi connectivity index (χ2v) is 5.84. The number of carboxylic acid groups (broad SMARTS) is 1. The summed E-state index contributed by atoms with van der Waals surface area (Å²) in [5, 5.41) is 14.1. The summed E-state index contributed by atoms with van der Waals surface area (Å²) in [6.07, 6.45) is 1.59. The van der Waals surface area contributed by atoms with Crippen LogP contribution in [0.1, 0.15) is 12.6 Å². The van der Waals surface area contributed by atoms with E-state index in [-0.39, 0.29) is 12.5 Å². The maximum atomic E-state index is 11.0. The van der Waals surface area contributed by atoms with Crippen molar-refractivity contribution in [2.24, 2.45) is 0 Å². The highest BCUT2D eigenvalue weighted by molar-refractivity contribution is 7.84. The largest absolute Gasteiger partial charge is 0.481 e. The minimum absolute atomic E-state index is 0.0632. The first kappa shape index (κ1) is 13.1. The standard InChI is InChI=1S/C9H14N2O3S2/c1-6(5-16(2)14)10-9-11-7(4-15-9)3-8(12)13/h4,6H,3,5H2,1-2H3,(H,10,11)(H,12,13). The lowest BCUT2D eigenvalue weighted by molar-refractivity contribution is -0.136. The maximum absolute atomic E-state index is 11.0. The molecule has 0 saturated carbocycles. The Balaban J connectivity index is 2.51. The Bertz CT molecular complexity index is 392. The van der Waals surface area contributed by atoms with Crippen LogP contribution in [0.4, 0.5) is 5.13 Å². The number of hydrogen-bond donors (Lipinski definition) is 2. The van der Waals surface area contributed by atoms with Crippen molar-refractivity contribution in [1.82, 2.24) is 4.98 Å². The van der Waals surface area contributed by atoms with E-state index in [2.05, 4.69) is 10.3 Å². The monoisotopic (exact) mass is 262 g/mol. The van der Waals surface area contributed by atoms with Gasteiger partial charge in [-0.3, -0.25) is 9.00 Å². The number of carboxylic acids is 1. The fourth-order valence-corrected chi connectivity index (χ4v) is 2.82. The van der Waals surface area contributed by atoms with Gasteiger partial charge in [-0.2, -0.15) is 0 Å². The molecule has 2 atom stereocenters. The van der Waals surface area contributed by atoms with Gasteiger partial charge in [0.1, 0.15) is 0 Å². The highest BCUT2D eigenvalue weighted by Crippen LogP contribution is 2.16. The number of nitrogens with zero attached hydrogens (tertiary/aromatic N) is 1. The number of thiazole rings is 1. The van der Waals surface area contributed by atoms with Crippen molar-refractivity contribution in [2.45, 2.75) is 19.4 Å². The van der Waals surface area contributed by atoms with E-state index in [1.165, 1.54) is 11.3 Å². The van der Waals surface area contributed by atoms with Crippen LogP contribution in [0.15, 0.2) is 5.38 Å². The summed E-state index contributed by atoms with van der Waals surface area (Å²) in [7, 11) is -0.851. The van der Waals surface area contributed by atoms with Crippen molar-refractivity contribution in [2.75, 3.05) is 17.3 Å². The van der Waals surface area contributed by atoms with E-state index in [0.29, 0.717) is 16.6 Å². The van der Waals surface area contributed by atoms with Crippen molar-refractivity contribution in [1.29, 1.82) is 0 Å². The summed E-state index contributed by atoms with van der Waals surface area (Å²) in [5.41, 5.74) is 0.546. The Morgan fingerprint density at radius 1 is 1.75 bits per heavy atom. The van der Waals surface area contributed by atoms with Crippen LogP contribution in [0.2, 0.25) is 0 Å². The third kappa shape index (κ3) is 4.71. The second kappa shape index (κ2) is 5.95. The summed E-state index contributed by atoms with van der Waals surface area (Å²) in [5.74, 6) is -0.340. The fourth-order valence-electron chi connectivity index (χ4n) is 1.21. The molecule has 7 heteroatoms. The van der Waals surface area contributed by atoms with Gasteiger partial charge in [-0.25, -0.2) is 4.98 Å². The molecule has 90 valence electrons. The van der Waals surface area contributed by atoms with E-state index in [0.717, 1.165) is 0 Å². The molecule has 0 aromatic carbocycles. The van der Waals surface area contributed by atoms with Crippen LogP contribution in [0.25, 0.3) is 0 Å². The summed E-state index contributed by atoms with van der Waals surface area (Å²) >= 11 is 1.36. The zero-order chi connectivity index (χ0) is 12.1. The molecule has 0 amide bonds. The molecule has 0 aliphatic rings. The van der Waals surface area contributed by atoms with E-state index >= 15 is 0 Å². The van der Waals surface area contributed by atoms with Crippen molar-refractivity contribution in [3.8, 4) is 0 Å². The third-order valence-corrected chi connectivity index (χ3v) is 3.53. The van der Waals surface area contributed by atoms with Crippen LogP contribution < -0.4 is 5.32 Å². The van der Waals surface area contributed by atoms with Crippen LogP contribution in [0.3, 0.4) is 0 Å². The number of aromatic nitrogens is 1. The predicted molar refractivity (Wildman–Crippen MR) is 65.5 cm³/mol. The lowest BCUT2D eigenvalue weighted by atomic mass is 10.3. The second-order valence-electron chi connectivity index (χ2n) is 3.50. The summed E-state index contributed by atoms with van der Waals surface area (Å²) in [4.78, 5) is 14.6. The molecular weight excluding hydrogens is 248 g/mol. The molecule has 2 N–H and O–H groups in total. The lowest BCUT2D eigenvalue weighted by Crippen LogP contribution is -2.22. The van der Waals surface area contributed by atoms with Gasteiger partial charge in [0.15, 0.2) is 5.13 Å². The zero-order valence-corrected chi connectivity index (χ0v) is 10.7. The average Bonchev–Trinajstić information content (AvgIpc) is 2.49. The fraction of sp³-hybridized carbons (Fsp3) is 0.556. The molecule has 16 heavy (non-hydrogen) atoms. The van der Waals surface area contributed by atoms with E-state index in [1.54, 1.807) is 11.6 Å². The Morgan fingerprint density at radius 3 is 3.00 bits per heavy atom. The van der Waals surface area contributed by atoms with E-state index < -0.39 is 16.8 Å². The van der Waals surface area contributed by atoms with E-state index in [9.17, 15) is 9.00 Å². The van der Waals surface area contributed by atoms with E-state index in [4.69, 9.17) is 5.11 Å². The lowest BCUT2D eigenvalue weighted by Gasteiger charge is -2.10.